The minimum atomic E-state index is -0.545. The number of aryl methyl sites for hydroxylation is 1. The summed E-state index contributed by atoms with van der Waals surface area (Å²) in [7, 11) is 1.52. The van der Waals surface area contributed by atoms with Gasteiger partial charge in [-0.2, -0.15) is 0 Å². The van der Waals surface area contributed by atoms with Gasteiger partial charge in [0.05, 0.1) is 12.0 Å². The zero-order valence-electron chi connectivity index (χ0n) is 19.6. The standard InChI is InChI=1S/C27H23ClN2O5S/c1-17-6-3-4-8-21(17)29-24(31)15-30-26(32)23(36-27(30)33)14-19-7-5-9-22(34-2)25(19)35-16-18-10-12-20(28)13-11-18/h3-14H,15-16H2,1-2H3,(H,29,31)/b23-14+. The summed E-state index contributed by atoms with van der Waals surface area (Å²) in [5.41, 5.74) is 2.97. The Kier molecular flexibility index (Phi) is 7.97. The van der Waals surface area contributed by atoms with Gasteiger partial charge in [-0.25, -0.2) is 0 Å². The van der Waals surface area contributed by atoms with Crippen LogP contribution in [0.3, 0.4) is 0 Å². The van der Waals surface area contributed by atoms with Gasteiger partial charge < -0.3 is 14.8 Å². The molecular weight excluding hydrogens is 500 g/mol. The topological polar surface area (TPSA) is 84.9 Å². The quantitative estimate of drug-likeness (QED) is 0.370. The first-order valence-electron chi connectivity index (χ1n) is 11.0. The maximum atomic E-state index is 13.0. The summed E-state index contributed by atoms with van der Waals surface area (Å²) in [6.45, 7) is 1.73. The Hall–Kier alpha value is -3.75. The number of anilines is 1. The third-order valence-corrected chi connectivity index (χ3v) is 6.57. The molecule has 36 heavy (non-hydrogen) atoms. The summed E-state index contributed by atoms with van der Waals surface area (Å²) in [5.74, 6) is -0.0915. The summed E-state index contributed by atoms with van der Waals surface area (Å²) in [5, 5.41) is 2.85. The molecule has 1 heterocycles. The number of imide groups is 1. The molecule has 7 nitrogen and oxygen atoms in total. The van der Waals surface area contributed by atoms with E-state index in [0.29, 0.717) is 27.8 Å². The van der Waals surface area contributed by atoms with Crippen molar-refractivity contribution in [2.45, 2.75) is 13.5 Å². The molecule has 1 saturated heterocycles. The van der Waals surface area contributed by atoms with Gasteiger partial charge in [0.1, 0.15) is 13.2 Å². The Labute approximate surface area is 218 Å². The van der Waals surface area contributed by atoms with Gasteiger partial charge in [0, 0.05) is 16.3 Å². The molecule has 3 aromatic rings. The highest BCUT2D eigenvalue weighted by molar-refractivity contribution is 8.18. The SMILES string of the molecule is COc1cccc(/C=C2/SC(=O)N(CC(=O)Nc3ccccc3C)C2=O)c1OCc1ccc(Cl)cc1. The van der Waals surface area contributed by atoms with Crippen LogP contribution in [-0.4, -0.2) is 35.6 Å². The van der Waals surface area contributed by atoms with Crippen molar-refractivity contribution in [3.63, 3.8) is 0 Å². The van der Waals surface area contributed by atoms with Crippen LogP contribution >= 0.6 is 23.4 Å². The van der Waals surface area contributed by atoms with E-state index in [0.717, 1.165) is 27.8 Å². The second-order valence-electron chi connectivity index (χ2n) is 7.92. The van der Waals surface area contributed by atoms with Crippen molar-refractivity contribution < 1.29 is 23.9 Å². The molecule has 0 bridgehead atoms. The molecule has 1 aliphatic rings. The Morgan fingerprint density at radius 2 is 1.81 bits per heavy atom. The van der Waals surface area contributed by atoms with E-state index < -0.39 is 17.1 Å². The fourth-order valence-corrected chi connectivity index (χ4v) is 4.48. The lowest BCUT2D eigenvalue weighted by Crippen LogP contribution is -2.36. The molecule has 0 radical (unpaired) electrons. The molecule has 3 amide bonds. The van der Waals surface area contributed by atoms with Crippen LogP contribution < -0.4 is 14.8 Å². The number of carbonyl (C=O) groups is 3. The molecule has 1 N–H and O–H groups in total. The third-order valence-electron chi connectivity index (χ3n) is 5.41. The van der Waals surface area contributed by atoms with E-state index in [2.05, 4.69) is 5.32 Å². The van der Waals surface area contributed by atoms with E-state index in [-0.39, 0.29) is 18.1 Å². The van der Waals surface area contributed by atoms with Gasteiger partial charge in [-0.05, 0) is 60.2 Å². The fraction of sp³-hybridized carbons (Fsp3) is 0.148. The van der Waals surface area contributed by atoms with Crippen LogP contribution in [0.25, 0.3) is 6.08 Å². The van der Waals surface area contributed by atoms with Gasteiger partial charge in [0.15, 0.2) is 11.5 Å². The van der Waals surface area contributed by atoms with E-state index >= 15 is 0 Å². The Morgan fingerprint density at radius 3 is 2.53 bits per heavy atom. The third kappa shape index (κ3) is 5.90. The predicted molar refractivity (Wildman–Crippen MR) is 141 cm³/mol. The van der Waals surface area contributed by atoms with E-state index in [4.69, 9.17) is 21.1 Å². The number of rotatable bonds is 8. The molecule has 1 aliphatic heterocycles. The largest absolute Gasteiger partial charge is 0.493 e. The smallest absolute Gasteiger partial charge is 0.294 e. The van der Waals surface area contributed by atoms with Gasteiger partial charge >= 0.3 is 0 Å². The number of thioether (sulfide) groups is 1. The fourth-order valence-electron chi connectivity index (χ4n) is 3.52. The highest BCUT2D eigenvalue weighted by Crippen LogP contribution is 2.37. The number of nitrogens with zero attached hydrogens (tertiary/aromatic N) is 1. The molecule has 9 heteroatoms. The van der Waals surface area contributed by atoms with Crippen molar-refractivity contribution >= 4 is 52.2 Å². The second kappa shape index (κ2) is 11.3. The van der Waals surface area contributed by atoms with E-state index in [9.17, 15) is 14.4 Å². The van der Waals surface area contributed by atoms with Crippen molar-refractivity contribution in [3.8, 4) is 11.5 Å². The normalized spacial score (nSPS) is 14.3. The molecule has 0 spiro atoms. The van der Waals surface area contributed by atoms with Gasteiger partial charge in [0.25, 0.3) is 11.1 Å². The first-order valence-corrected chi connectivity index (χ1v) is 12.2. The lowest BCUT2D eigenvalue weighted by Gasteiger charge is -2.14. The molecule has 0 atom stereocenters. The number of hydrogen-bond donors (Lipinski definition) is 1. The molecule has 0 aliphatic carbocycles. The molecule has 184 valence electrons. The molecule has 4 rings (SSSR count). The van der Waals surface area contributed by atoms with Crippen LogP contribution in [0.2, 0.25) is 5.02 Å². The van der Waals surface area contributed by atoms with Gasteiger partial charge in [-0.1, -0.05) is 54.1 Å². The molecule has 1 fully saturated rings. The maximum Gasteiger partial charge on any atom is 0.294 e. The molecule has 3 aromatic carbocycles. The first kappa shape index (κ1) is 25.3. The molecular formula is C27H23ClN2O5S. The minimum Gasteiger partial charge on any atom is -0.493 e. The number of methoxy groups -OCH3 is 1. The van der Waals surface area contributed by atoms with Gasteiger partial charge in [0.2, 0.25) is 5.91 Å². The monoisotopic (exact) mass is 522 g/mol. The van der Waals surface area contributed by atoms with E-state index in [1.165, 1.54) is 7.11 Å². The summed E-state index contributed by atoms with van der Waals surface area (Å²) in [6.07, 6.45) is 1.57. The van der Waals surface area contributed by atoms with E-state index in [1.54, 1.807) is 48.5 Å². The van der Waals surface area contributed by atoms with Crippen molar-refractivity contribution in [2.24, 2.45) is 0 Å². The van der Waals surface area contributed by atoms with Crippen LogP contribution in [0.1, 0.15) is 16.7 Å². The highest BCUT2D eigenvalue weighted by Gasteiger charge is 2.36. The van der Waals surface area contributed by atoms with Gasteiger partial charge in [-0.3, -0.25) is 19.3 Å². The van der Waals surface area contributed by atoms with Crippen molar-refractivity contribution in [1.82, 2.24) is 4.90 Å². The Balaban J connectivity index is 1.51. The molecule has 0 saturated carbocycles. The zero-order chi connectivity index (χ0) is 25.7. The summed E-state index contributed by atoms with van der Waals surface area (Å²) < 4.78 is 11.5. The maximum absolute atomic E-state index is 13.0. The summed E-state index contributed by atoms with van der Waals surface area (Å²) >= 11 is 6.73. The minimum absolute atomic E-state index is 0.188. The lowest BCUT2D eigenvalue weighted by atomic mass is 10.1. The number of benzene rings is 3. The number of halogens is 1. The van der Waals surface area contributed by atoms with Crippen LogP contribution in [-0.2, 0) is 16.2 Å². The summed E-state index contributed by atoms with van der Waals surface area (Å²) in [6, 6.07) is 19.8. The van der Waals surface area contributed by atoms with Crippen molar-refractivity contribution in [1.29, 1.82) is 0 Å². The second-order valence-corrected chi connectivity index (χ2v) is 9.35. The average Bonchev–Trinajstić information content (AvgIpc) is 3.12. The zero-order valence-corrected chi connectivity index (χ0v) is 21.2. The van der Waals surface area contributed by atoms with E-state index in [1.807, 2.05) is 31.2 Å². The summed E-state index contributed by atoms with van der Waals surface area (Å²) in [4.78, 5) is 39.2. The number of para-hydroxylation sites is 2. The number of ether oxygens (including phenoxy) is 2. The Bertz CT molecular complexity index is 1340. The molecule has 0 aromatic heterocycles. The predicted octanol–water partition coefficient (Wildman–Crippen LogP) is 5.91. The Morgan fingerprint density at radius 1 is 1.06 bits per heavy atom. The molecule has 0 unspecified atom stereocenters. The van der Waals surface area contributed by atoms with Crippen LogP contribution in [0.5, 0.6) is 11.5 Å². The number of hydrogen-bond acceptors (Lipinski definition) is 6. The van der Waals surface area contributed by atoms with Crippen molar-refractivity contribution in [3.05, 3.63) is 93.3 Å². The number of nitrogens with one attached hydrogen (secondary N) is 1. The number of amides is 3. The van der Waals surface area contributed by atoms with Crippen LogP contribution in [0.4, 0.5) is 10.5 Å². The van der Waals surface area contributed by atoms with Crippen LogP contribution in [0, 0.1) is 6.92 Å². The van der Waals surface area contributed by atoms with Gasteiger partial charge in [-0.15, -0.1) is 0 Å². The highest BCUT2D eigenvalue weighted by atomic mass is 35.5. The van der Waals surface area contributed by atoms with Crippen molar-refractivity contribution in [2.75, 3.05) is 19.0 Å². The van der Waals surface area contributed by atoms with Crippen LogP contribution in [0.15, 0.2) is 71.6 Å². The number of carbonyl (C=O) groups excluding carboxylic acids is 3. The lowest BCUT2D eigenvalue weighted by molar-refractivity contribution is -0.127. The first-order chi connectivity index (χ1) is 17.4. The average molecular weight is 523 g/mol.